The molecule has 3 aromatic carbocycles. The van der Waals surface area contributed by atoms with Gasteiger partial charge in [-0.3, -0.25) is 0 Å². The number of benzene rings is 3. The second-order valence-electron chi connectivity index (χ2n) is 10.6. The van der Waals surface area contributed by atoms with E-state index < -0.39 is 40.2 Å². The molecule has 42 heavy (non-hydrogen) atoms. The molecule has 5 rings (SSSR count). The Labute approximate surface area is 242 Å². The smallest absolute Gasteiger partial charge is 0.406 e. The quantitative estimate of drug-likeness (QED) is 0.397. The maximum atomic E-state index is 13.6. The largest absolute Gasteiger partial charge is 0.573 e. The zero-order valence-electron chi connectivity index (χ0n) is 23.0. The Morgan fingerprint density at radius 2 is 1.52 bits per heavy atom. The highest BCUT2D eigenvalue weighted by molar-refractivity contribution is 7.90. The fourth-order valence-electron chi connectivity index (χ4n) is 5.59. The minimum atomic E-state index is -4.89. The lowest BCUT2D eigenvalue weighted by molar-refractivity contribution is -0.274. The molecular weight excluding hydrogens is 571 g/mol. The number of hydrogen-bond donors (Lipinski definition) is 3. The van der Waals surface area contributed by atoms with Crippen LogP contribution in [0.3, 0.4) is 0 Å². The minimum Gasteiger partial charge on any atom is -0.406 e. The second-order valence-corrected chi connectivity index (χ2v) is 12.4. The van der Waals surface area contributed by atoms with Crippen LogP contribution in [-0.2, 0) is 22.8 Å². The predicted molar refractivity (Wildman–Crippen MR) is 152 cm³/mol. The minimum absolute atomic E-state index is 0.0447. The molecule has 2 aliphatic heterocycles. The van der Waals surface area contributed by atoms with Gasteiger partial charge < -0.3 is 24.5 Å². The highest BCUT2D eigenvalue weighted by Gasteiger charge is 2.44. The van der Waals surface area contributed by atoms with Crippen molar-refractivity contribution in [3.8, 4) is 5.75 Å². The van der Waals surface area contributed by atoms with Crippen molar-refractivity contribution < 1.29 is 32.0 Å². The predicted octanol–water partition coefficient (Wildman–Crippen LogP) is 4.53. The molecule has 9 nitrogen and oxygen atoms in total. The van der Waals surface area contributed by atoms with Crippen molar-refractivity contribution in [2.75, 3.05) is 32.1 Å². The number of urea groups is 1. The molecule has 0 bridgehead atoms. The highest BCUT2D eigenvalue weighted by atomic mass is 32.2. The topological polar surface area (TPSA) is 109 Å². The Balaban J connectivity index is 1.51. The monoisotopic (exact) mass is 603 g/mol. The zero-order chi connectivity index (χ0) is 30.2. The molecule has 4 atom stereocenters. The van der Waals surface area contributed by atoms with Crippen molar-refractivity contribution in [1.29, 1.82) is 4.78 Å². The molecule has 3 aromatic rings. The fraction of sp³-hybridized carbons (Fsp3) is 0.345. The average Bonchev–Trinajstić information content (AvgIpc) is 3.10. The summed E-state index contributed by atoms with van der Waals surface area (Å²) in [6.07, 6.45) is -4.52. The van der Waals surface area contributed by atoms with Gasteiger partial charge in [-0.05, 0) is 60.4 Å². The summed E-state index contributed by atoms with van der Waals surface area (Å²) in [7, 11) is -0.601. The lowest BCUT2D eigenvalue weighted by Crippen LogP contribution is -2.66. The normalized spacial score (nSPS) is 21.9. The number of anilines is 2. The number of alkyl halides is 3. The van der Waals surface area contributed by atoms with Crippen LogP contribution in [0.4, 0.5) is 29.3 Å². The summed E-state index contributed by atoms with van der Waals surface area (Å²) in [5, 5.41) is 11.8. The number of aliphatic hydroxyl groups excluding tert-OH is 1. The van der Waals surface area contributed by atoms with E-state index in [0.29, 0.717) is 0 Å². The molecule has 1 fully saturated rings. The van der Waals surface area contributed by atoms with E-state index in [0.717, 1.165) is 59.6 Å². The first-order chi connectivity index (χ1) is 19.8. The number of carbonyl (C=O) groups excluding carboxylic acids is 1. The van der Waals surface area contributed by atoms with Crippen LogP contribution in [0.2, 0.25) is 0 Å². The van der Waals surface area contributed by atoms with Crippen LogP contribution in [0.25, 0.3) is 0 Å². The molecule has 1 saturated heterocycles. The van der Waals surface area contributed by atoms with E-state index in [1.165, 1.54) is 4.90 Å². The van der Waals surface area contributed by atoms with E-state index in [-0.39, 0.29) is 24.0 Å². The highest BCUT2D eigenvalue weighted by Crippen LogP contribution is 2.39. The average molecular weight is 604 g/mol. The van der Waals surface area contributed by atoms with Crippen LogP contribution in [0.15, 0.2) is 77.7 Å². The summed E-state index contributed by atoms with van der Waals surface area (Å²) in [6, 6.07) is 17.9. The molecule has 2 amide bonds. The molecule has 0 spiro atoms. The third-order valence-corrected chi connectivity index (χ3v) is 9.06. The number of rotatable bonds is 5. The third-order valence-electron chi connectivity index (χ3n) is 7.49. The number of likely N-dealkylation sites (tertiary alicyclic amines) is 1. The van der Waals surface area contributed by atoms with Crippen molar-refractivity contribution in [3.05, 3.63) is 83.9 Å². The second kappa shape index (κ2) is 11.5. The van der Waals surface area contributed by atoms with Crippen LogP contribution in [-0.4, -0.2) is 76.9 Å². The van der Waals surface area contributed by atoms with Crippen molar-refractivity contribution in [3.63, 3.8) is 0 Å². The fourth-order valence-corrected chi connectivity index (χ4v) is 6.88. The van der Waals surface area contributed by atoms with Crippen molar-refractivity contribution in [2.24, 2.45) is 0 Å². The van der Waals surface area contributed by atoms with E-state index in [1.807, 2.05) is 53.4 Å². The van der Waals surface area contributed by atoms with Gasteiger partial charge in [-0.25, -0.2) is 18.5 Å². The number of halogens is 3. The number of nitrogens with one attached hydrogen (secondary N) is 2. The summed E-state index contributed by atoms with van der Waals surface area (Å²) in [4.78, 5) is 18.1. The zero-order valence-corrected chi connectivity index (χ0v) is 23.9. The van der Waals surface area contributed by atoms with Crippen LogP contribution >= 0.6 is 0 Å². The Bertz CT molecular complexity index is 1500. The lowest BCUT2D eigenvalue weighted by Gasteiger charge is -2.47. The van der Waals surface area contributed by atoms with Crippen molar-refractivity contribution in [2.45, 2.75) is 42.3 Å². The Morgan fingerprint density at radius 3 is 2.05 bits per heavy atom. The first-order valence-electron chi connectivity index (χ1n) is 13.4. The maximum Gasteiger partial charge on any atom is 0.573 e. The summed E-state index contributed by atoms with van der Waals surface area (Å²) in [5.41, 5.74) is 3.92. The Morgan fingerprint density at radius 1 is 0.976 bits per heavy atom. The molecule has 4 unspecified atom stereocenters. The van der Waals surface area contributed by atoms with Gasteiger partial charge in [0.1, 0.15) is 15.7 Å². The summed E-state index contributed by atoms with van der Waals surface area (Å²) >= 11 is 0. The Kier molecular flexibility index (Phi) is 8.10. The number of fused-ring (bicyclic) bond motifs is 2. The molecule has 2 aliphatic rings. The van der Waals surface area contributed by atoms with Gasteiger partial charge in [0.05, 0.1) is 23.1 Å². The molecule has 3 N–H and O–H groups in total. The molecule has 2 heterocycles. The number of piperidine rings is 1. The molecule has 224 valence electrons. The van der Waals surface area contributed by atoms with Crippen LogP contribution < -0.4 is 14.4 Å². The summed E-state index contributed by atoms with van der Waals surface area (Å²) in [6.45, 7) is 0.110. The molecule has 0 aromatic heterocycles. The first-order valence-corrected chi connectivity index (χ1v) is 14.9. The van der Waals surface area contributed by atoms with Gasteiger partial charge in [-0.1, -0.05) is 36.4 Å². The number of aryl methyl sites for hydroxylation is 2. The maximum absolute atomic E-state index is 13.6. The van der Waals surface area contributed by atoms with Gasteiger partial charge in [0, 0.05) is 38.6 Å². The number of nitrogens with zero attached hydrogens (tertiary/aromatic N) is 3. The SMILES string of the molecule is CN(C)C(=O)N1CC(NS(=N)(=O)c2ccc(OC(F)(F)F)cc2)C(O)C(N2c3ccccc3CCc3ccccc32)C1. The molecule has 13 heteroatoms. The van der Waals surface area contributed by atoms with Gasteiger partial charge in [0.25, 0.3) is 0 Å². The van der Waals surface area contributed by atoms with E-state index in [4.69, 9.17) is 4.78 Å². The van der Waals surface area contributed by atoms with Crippen molar-refractivity contribution in [1.82, 2.24) is 14.5 Å². The molecular formula is C29H32F3N5O4S. The van der Waals surface area contributed by atoms with Gasteiger partial charge in [-0.15, -0.1) is 13.2 Å². The van der Waals surface area contributed by atoms with Gasteiger partial charge in [0.2, 0.25) is 0 Å². The van der Waals surface area contributed by atoms with Gasteiger partial charge in [-0.2, -0.15) is 0 Å². The first kappa shape index (κ1) is 29.7. The van der Waals surface area contributed by atoms with Crippen LogP contribution in [0.5, 0.6) is 5.75 Å². The number of aliphatic hydroxyl groups is 1. The number of amides is 2. The van der Waals surface area contributed by atoms with E-state index >= 15 is 0 Å². The molecule has 0 aliphatic carbocycles. The number of para-hydroxylation sites is 2. The Hall–Kier alpha value is -3.81. The van der Waals surface area contributed by atoms with Gasteiger partial charge in [0.15, 0.2) is 0 Å². The van der Waals surface area contributed by atoms with E-state index in [2.05, 4.69) is 9.46 Å². The number of carbonyl (C=O) groups is 1. The van der Waals surface area contributed by atoms with Crippen LogP contribution in [0, 0.1) is 4.78 Å². The van der Waals surface area contributed by atoms with Crippen LogP contribution in [0.1, 0.15) is 11.1 Å². The summed E-state index contributed by atoms with van der Waals surface area (Å²) < 4.78 is 66.6. The van der Waals surface area contributed by atoms with E-state index in [1.54, 1.807) is 19.0 Å². The van der Waals surface area contributed by atoms with Gasteiger partial charge >= 0.3 is 12.4 Å². The van der Waals surface area contributed by atoms with E-state index in [9.17, 15) is 27.3 Å². The number of ether oxygens (including phenoxy) is 1. The molecule has 0 saturated carbocycles. The lowest BCUT2D eigenvalue weighted by atomic mass is 9.94. The standard InChI is InChI=1S/C29H32F3N5O4S/c1-35(2)28(39)36-17-23(34-42(33,40)22-15-13-21(14-16-22)41-29(30,31)32)27(38)26(18-36)37-24-9-5-3-7-19(24)11-12-20-8-4-6-10-25(20)37/h3-10,13-16,23,26-27,38H,11-12,17-18H2,1-2H3,(H2,33,34,40). The molecule has 0 radical (unpaired) electrons. The summed E-state index contributed by atoms with van der Waals surface area (Å²) in [5.74, 6) is -0.513. The van der Waals surface area contributed by atoms with Crippen molar-refractivity contribution >= 4 is 27.3 Å². The number of hydrogen-bond acceptors (Lipinski definition) is 6. The third kappa shape index (κ3) is 6.18.